The van der Waals surface area contributed by atoms with Crippen LogP contribution in [0, 0.1) is 6.92 Å². The Morgan fingerprint density at radius 1 is 1.31 bits per heavy atom. The Hall–Kier alpha value is -2.28. The number of hydrogen-bond donors (Lipinski definition) is 1. The summed E-state index contributed by atoms with van der Waals surface area (Å²) in [7, 11) is 7.14. The highest BCUT2D eigenvalue weighted by Crippen LogP contribution is 2.25. The van der Waals surface area contributed by atoms with E-state index < -0.39 is 0 Å². The number of nitrogens with zero attached hydrogens (tertiary/aromatic N) is 3. The van der Waals surface area contributed by atoms with Crippen molar-refractivity contribution >= 4 is 17.3 Å². The molecule has 0 bridgehead atoms. The number of guanidine groups is 1. The van der Waals surface area contributed by atoms with Gasteiger partial charge in [-0.2, -0.15) is 0 Å². The molecular formula is C19H28N4O2S. The average Bonchev–Trinajstić information content (AvgIpc) is 3.07. The molecule has 0 atom stereocenters. The number of aryl methyl sites for hydroxylation is 2. The zero-order chi connectivity index (χ0) is 18.9. The van der Waals surface area contributed by atoms with Crippen molar-refractivity contribution in [3.8, 4) is 11.5 Å². The van der Waals surface area contributed by atoms with Gasteiger partial charge in [0.15, 0.2) is 5.96 Å². The maximum Gasteiger partial charge on any atom is 0.193 e. The first-order chi connectivity index (χ1) is 12.6. The van der Waals surface area contributed by atoms with Gasteiger partial charge in [-0.15, -0.1) is 11.3 Å². The lowest BCUT2D eigenvalue weighted by atomic mass is 10.2. The zero-order valence-corrected chi connectivity index (χ0v) is 17.0. The van der Waals surface area contributed by atoms with E-state index in [4.69, 9.17) is 9.47 Å². The van der Waals surface area contributed by atoms with Crippen molar-refractivity contribution in [3.05, 3.63) is 39.8 Å². The van der Waals surface area contributed by atoms with Gasteiger partial charge in [0.05, 0.1) is 19.2 Å². The Morgan fingerprint density at radius 3 is 2.73 bits per heavy atom. The smallest absolute Gasteiger partial charge is 0.193 e. The topological polar surface area (TPSA) is 59.0 Å². The van der Waals surface area contributed by atoms with Gasteiger partial charge in [0.2, 0.25) is 0 Å². The van der Waals surface area contributed by atoms with E-state index in [2.05, 4.69) is 25.6 Å². The fraction of sp³-hybridized carbons (Fsp3) is 0.474. The van der Waals surface area contributed by atoms with Crippen LogP contribution >= 0.6 is 11.3 Å². The van der Waals surface area contributed by atoms with E-state index in [1.807, 2.05) is 32.2 Å². The predicted octanol–water partition coefficient (Wildman–Crippen LogP) is 3.11. The largest absolute Gasteiger partial charge is 0.497 e. The quantitative estimate of drug-likeness (QED) is 0.436. The second-order valence-electron chi connectivity index (χ2n) is 5.99. The lowest BCUT2D eigenvalue weighted by molar-refractivity contribution is 0.382. The number of methoxy groups -OCH3 is 2. The maximum absolute atomic E-state index is 5.48. The molecule has 0 amide bonds. The van der Waals surface area contributed by atoms with Crippen LogP contribution in [0.25, 0.3) is 0 Å². The first-order valence-electron chi connectivity index (χ1n) is 8.61. The molecule has 1 aromatic carbocycles. The molecule has 0 aliphatic rings. The number of benzene rings is 1. The summed E-state index contributed by atoms with van der Waals surface area (Å²) in [5.74, 6) is 2.46. The minimum Gasteiger partial charge on any atom is -0.497 e. The molecule has 142 valence electrons. The van der Waals surface area contributed by atoms with Gasteiger partial charge in [0, 0.05) is 56.3 Å². The number of aliphatic imine (C=N–C) groups is 1. The molecule has 0 saturated carbocycles. The highest BCUT2D eigenvalue weighted by molar-refractivity contribution is 7.09. The lowest BCUT2D eigenvalue weighted by Crippen LogP contribution is -2.39. The molecule has 26 heavy (non-hydrogen) atoms. The number of rotatable bonds is 8. The molecule has 7 heteroatoms. The minimum absolute atomic E-state index is 0.693. The Bertz CT molecular complexity index is 730. The first-order valence-corrected chi connectivity index (χ1v) is 9.49. The Balaban J connectivity index is 1.87. The number of nitrogens with one attached hydrogen (secondary N) is 1. The fourth-order valence-electron chi connectivity index (χ4n) is 2.65. The Kier molecular flexibility index (Phi) is 7.72. The summed E-state index contributed by atoms with van der Waals surface area (Å²) in [5, 5.41) is 6.70. The molecule has 6 nitrogen and oxygen atoms in total. The third-order valence-corrected chi connectivity index (χ3v) is 5.02. The van der Waals surface area contributed by atoms with Gasteiger partial charge in [0.1, 0.15) is 11.5 Å². The van der Waals surface area contributed by atoms with Crippen LogP contribution in [0.3, 0.4) is 0 Å². The second-order valence-corrected chi connectivity index (χ2v) is 6.94. The van der Waals surface area contributed by atoms with Crippen LogP contribution in [0.15, 0.2) is 28.6 Å². The van der Waals surface area contributed by atoms with E-state index in [1.54, 1.807) is 32.6 Å². The fourth-order valence-corrected chi connectivity index (χ4v) is 3.47. The Morgan fingerprint density at radius 2 is 2.12 bits per heavy atom. The van der Waals surface area contributed by atoms with Crippen LogP contribution in [0.2, 0.25) is 0 Å². The van der Waals surface area contributed by atoms with Crippen molar-refractivity contribution < 1.29 is 9.47 Å². The summed E-state index contributed by atoms with van der Waals surface area (Å²) in [6.07, 6.45) is 2.00. The van der Waals surface area contributed by atoms with Crippen LogP contribution in [0.1, 0.15) is 22.7 Å². The summed E-state index contributed by atoms with van der Waals surface area (Å²) in [6.45, 7) is 3.58. The standard InChI is InChI=1S/C19H28N4O2S/c1-14-13-26-18(22-14)7-6-10-21-19(20-2)23(3)12-15-8-9-16(24-4)11-17(15)25-5/h8-9,11,13H,6-7,10,12H2,1-5H3,(H,20,21). The van der Waals surface area contributed by atoms with E-state index in [9.17, 15) is 0 Å². The van der Waals surface area contributed by atoms with Crippen molar-refractivity contribution in [2.45, 2.75) is 26.3 Å². The SMILES string of the molecule is CN=C(NCCCc1nc(C)cs1)N(C)Cc1ccc(OC)cc1OC. The molecule has 1 aromatic heterocycles. The van der Waals surface area contributed by atoms with Crippen LogP contribution in [0.4, 0.5) is 0 Å². The molecule has 1 N–H and O–H groups in total. The van der Waals surface area contributed by atoms with Crippen molar-refractivity contribution in [2.75, 3.05) is 34.9 Å². The van der Waals surface area contributed by atoms with E-state index in [0.717, 1.165) is 48.1 Å². The third kappa shape index (κ3) is 5.62. The second kappa shape index (κ2) is 10.0. The minimum atomic E-state index is 0.693. The molecule has 1 heterocycles. The molecule has 2 aromatic rings. The normalized spacial score (nSPS) is 11.3. The summed E-state index contributed by atoms with van der Waals surface area (Å²) < 4.78 is 10.7. The van der Waals surface area contributed by atoms with Gasteiger partial charge in [-0.05, 0) is 25.5 Å². The molecule has 0 saturated heterocycles. The monoisotopic (exact) mass is 376 g/mol. The van der Waals surface area contributed by atoms with E-state index in [-0.39, 0.29) is 0 Å². The number of thiazole rings is 1. The molecule has 0 unspecified atom stereocenters. The van der Waals surface area contributed by atoms with Gasteiger partial charge in [-0.3, -0.25) is 4.99 Å². The Labute approximate surface area is 159 Å². The van der Waals surface area contributed by atoms with Gasteiger partial charge in [-0.1, -0.05) is 0 Å². The molecular weight excluding hydrogens is 348 g/mol. The van der Waals surface area contributed by atoms with Crippen LogP contribution in [-0.4, -0.2) is 50.7 Å². The molecule has 0 aliphatic carbocycles. The highest BCUT2D eigenvalue weighted by atomic mass is 32.1. The summed E-state index contributed by atoms with van der Waals surface area (Å²) >= 11 is 1.73. The zero-order valence-electron chi connectivity index (χ0n) is 16.2. The first kappa shape index (κ1) is 20.0. The average molecular weight is 377 g/mol. The van der Waals surface area contributed by atoms with Crippen molar-refractivity contribution in [1.82, 2.24) is 15.2 Å². The maximum atomic E-state index is 5.48. The summed E-state index contributed by atoms with van der Waals surface area (Å²) in [4.78, 5) is 11.0. The van der Waals surface area contributed by atoms with Crippen LogP contribution in [0.5, 0.6) is 11.5 Å². The van der Waals surface area contributed by atoms with Gasteiger partial charge >= 0.3 is 0 Å². The number of hydrogen-bond acceptors (Lipinski definition) is 5. The molecule has 0 aliphatic heterocycles. The number of aromatic nitrogens is 1. The summed E-state index contributed by atoms with van der Waals surface area (Å²) in [6, 6.07) is 5.86. The van der Waals surface area contributed by atoms with Gasteiger partial charge < -0.3 is 19.7 Å². The summed E-state index contributed by atoms with van der Waals surface area (Å²) in [5.41, 5.74) is 2.18. The molecule has 0 fully saturated rings. The van der Waals surface area contributed by atoms with E-state index in [1.165, 1.54) is 5.01 Å². The van der Waals surface area contributed by atoms with Crippen LogP contribution in [-0.2, 0) is 13.0 Å². The van der Waals surface area contributed by atoms with Crippen molar-refractivity contribution in [3.63, 3.8) is 0 Å². The van der Waals surface area contributed by atoms with E-state index in [0.29, 0.717) is 6.54 Å². The predicted molar refractivity (Wildman–Crippen MR) is 108 cm³/mol. The van der Waals surface area contributed by atoms with Gasteiger partial charge in [-0.25, -0.2) is 4.98 Å². The third-order valence-electron chi connectivity index (χ3n) is 3.99. The molecule has 0 radical (unpaired) electrons. The van der Waals surface area contributed by atoms with E-state index >= 15 is 0 Å². The van der Waals surface area contributed by atoms with Crippen molar-refractivity contribution in [1.29, 1.82) is 0 Å². The van der Waals surface area contributed by atoms with Crippen molar-refractivity contribution in [2.24, 2.45) is 4.99 Å². The van der Waals surface area contributed by atoms with Gasteiger partial charge in [0.25, 0.3) is 0 Å². The highest BCUT2D eigenvalue weighted by Gasteiger charge is 2.11. The number of ether oxygens (including phenoxy) is 2. The molecule has 0 spiro atoms. The lowest BCUT2D eigenvalue weighted by Gasteiger charge is -2.23. The molecule has 2 rings (SSSR count). The van der Waals surface area contributed by atoms with Crippen LogP contribution < -0.4 is 14.8 Å².